The van der Waals surface area contributed by atoms with Crippen LogP contribution in [0.1, 0.15) is 30.9 Å². The molecule has 0 saturated carbocycles. The van der Waals surface area contributed by atoms with Crippen LogP contribution in [0.25, 0.3) is 0 Å². The zero-order chi connectivity index (χ0) is 11.4. The second-order valence-electron chi connectivity index (χ2n) is 4.48. The molecule has 2 rings (SSSR count). The number of rotatable bonds is 3. The molecular formula is C13H21N3. The van der Waals surface area contributed by atoms with Crippen LogP contribution in [0.3, 0.4) is 0 Å². The molecule has 0 radical (unpaired) electrons. The van der Waals surface area contributed by atoms with E-state index in [2.05, 4.69) is 29.2 Å². The maximum atomic E-state index is 5.88. The molecule has 1 fully saturated rings. The number of piperidine rings is 1. The maximum Gasteiger partial charge on any atom is 0.0419 e. The van der Waals surface area contributed by atoms with Crippen molar-refractivity contribution in [3.63, 3.8) is 0 Å². The number of hydrogen-bond donors (Lipinski definition) is 2. The monoisotopic (exact) mass is 219 g/mol. The lowest BCUT2D eigenvalue weighted by atomic mass is 10.1. The van der Waals surface area contributed by atoms with Crippen molar-refractivity contribution in [3.8, 4) is 0 Å². The summed E-state index contributed by atoms with van der Waals surface area (Å²) in [5.74, 6) is 0. The highest BCUT2D eigenvalue weighted by atomic mass is 15.1. The number of hydrogen-bond acceptors (Lipinski definition) is 3. The van der Waals surface area contributed by atoms with E-state index in [9.17, 15) is 0 Å². The third kappa shape index (κ3) is 2.54. The minimum absolute atomic E-state index is 0.0320. The SMILES string of the molecule is NC[C@H](N)c1ccc(N2CCCCC2)cc1. The van der Waals surface area contributed by atoms with Gasteiger partial charge >= 0.3 is 0 Å². The molecule has 1 heterocycles. The van der Waals surface area contributed by atoms with Crippen molar-refractivity contribution in [1.82, 2.24) is 0 Å². The Labute approximate surface area is 97.4 Å². The molecule has 1 aromatic carbocycles. The molecule has 88 valence electrons. The fraction of sp³-hybridized carbons (Fsp3) is 0.538. The van der Waals surface area contributed by atoms with Crippen molar-refractivity contribution in [2.45, 2.75) is 25.3 Å². The number of nitrogens with two attached hydrogens (primary N) is 2. The Hall–Kier alpha value is -1.06. The van der Waals surface area contributed by atoms with Crippen LogP contribution in [0.5, 0.6) is 0 Å². The van der Waals surface area contributed by atoms with Crippen LogP contribution in [0.4, 0.5) is 5.69 Å². The Kier molecular flexibility index (Phi) is 3.80. The minimum atomic E-state index is -0.0320. The van der Waals surface area contributed by atoms with E-state index in [0.29, 0.717) is 6.54 Å². The van der Waals surface area contributed by atoms with Gasteiger partial charge in [0.2, 0.25) is 0 Å². The molecule has 1 saturated heterocycles. The van der Waals surface area contributed by atoms with Crippen molar-refractivity contribution >= 4 is 5.69 Å². The number of anilines is 1. The Bertz CT molecular complexity index is 314. The highest BCUT2D eigenvalue weighted by Gasteiger charge is 2.11. The predicted octanol–water partition coefficient (Wildman–Crippen LogP) is 1.64. The summed E-state index contributed by atoms with van der Waals surface area (Å²) in [4.78, 5) is 2.45. The van der Waals surface area contributed by atoms with Gasteiger partial charge in [-0.25, -0.2) is 0 Å². The summed E-state index contributed by atoms with van der Waals surface area (Å²) >= 11 is 0. The van der Waals surface area contributed by atoms with Crippen LogP contribution < -0.4 is 16.4 Å². The summed E-state index contributed by atoms with van der Waals surface area (Å²) in [5.41, 5.74) is 13.9. The van der Waals surface area contributed by atoms with E-state index in [1.807, 2.05) is 0 Å². The zero-order valence-electron chi connectivity index (χ0n) is 9.73. The van der Waals surface area contributed by atoms with E-state index in [1.165, 1.54) is 38.0 Å². The lowest BCUT2D eigenvalue weighted by Gasteiger charge is -2.29. The third-order valence-electron chi connectivity index (χ3n) is 3.30. The molecule has 1 aliphatic heterocycles. The summed E-state index contributed by atoms with van der Waals surface area (Å²) < 4.78 is 0. The van der Waals surface area contributed by atoms with E-state index >= 15 is 0 Å². The van der Waals surface area contributed by atoms with E-state index < -0.39 is 0 Å². The second kappa shape index (κ2) is 5.32. The Balaban J connectivity index is 2.06. The van der Waals surface area contributed by atoms with Gasteiger partial charge in [0.05, 0.1) is 0 Å². The van der Waals surface area contributed by atoms with Crippen molar-refractivity contribution in [1.29, 1.82) is 0 Å². The summed E-state index contributed by atoms with van der Waals surface area (Å²) in [7, 11) is 0. The predicted molar refractivity (Wildman–Crippen MR) is 68.5 cm³/mol. The molecule has 1 atom stereocenters. The van der Waals surface area contributed by atoms with Crippen LogP contribution in [0.2, 0.25) is 0 Å². The van der Waals surface area contributed by atoms with Gasteiger partial charge < -0.3 is 16.4 Å². The number of nitrogens with zero attached hydrogens (tertiary/aromatic N) is 1. The Morgan fingerprint density at radius 2 is 1.69 bits per heavy atom. The molecule has 0 amide bonds. The molecule has 3 heteroatoms. The fourth-order valence-corrected chi connectivity index (χ4v) is 2.22. The van der Waals surface area contributed by atoms with Crippen LogP contribution >= 0.6 is 0 Å². The number of benzene rings is 1. The van der Waals surface area contributed by atoms with Crippen molar-refractivity contribution in [2.75, 3.05) is 24.5 Å². The first kappa shape index (κ1) is 11.4. The van der Waals surface area contributed by atoms with Gasteiger partial charge in [0.1, 0.15) is 0 Å². The Morgan fingerprint density at radius 1 is 1.06 bits per heavy atom. The lowest BCUT2D eigenvalue weighted by molar-refractivity contribution is 0.577. The van der Waals surface area contributed by atoms with Crippen LogP contribution in [-0.2, 0) is 0 Å². The van der Waals surface area contributed by atoms with Gasteiger partial charge in [-0.3, -0.25) is 0 Å². The smallest absolute Gasteiger partial charge is 0.0419 e. The van der Waals surface area contributed by atoms with E-state index in [0.717, 1.165) is 5.56 Å². The highest BCUT2D eigenvalue weighted by Crippen LogP contribution is 2.21. The van der Waals surface area contributed by atoms with Crippen molar-refractivity contribution in [2.24, 2.45) is 11.5 Å². The molecule has 1 aliphatic rings. The average Bonchev–Trinajstić information content (AvgIpc) is 2.39. The van der Waals surface area contributed by atoms with Crippen molar-refractivity contribution < 1.29 is 0 Å². The standard InChI is InChI=1S/C13H21N3/c14-10-13(15)11-4-6-12(7-5-11)16-8-2-1-3-9-16/h4-7,13H,1-3,8-10,14-15H2/t13-/m0/s1. The van der Waals surface area contributed by atoms with Crippen LogP contribution in [0, 0.1) is 0 Å². The maximum absolute atomic E-state index is 5.88. The summed E-state index contributed by atoms with van der Waals surface area (Å²) in [5, 5.41) is 0. The molecule has 0 unspecified atom stereocenters. The molecule has 1 aromatic rings. The van der Waals surface area contributed by atoms with Gasteiger partial charge in [-0.2, -0.15) is 0 Å². The Morgan fingerprint density at radius 3 is 2.25 bits per heavy atom. The third-order valence-corrected chi connectivity index (χ3v) is 3.30. The lowest BCUT2D eigenvalue weighted by Crippen LogP contribution is -2.29. The first-order valence-electron chi connectivity index (χ1n) is 6.12. The molecule has 0 aliphatic carbocycles. The first-order chi connectivity index (χ1) is 7.81. The molecule has 0 aromatic heterocycles. The van der Waals surface area contributed by atoms with Gasteiger partial charge in [0.25, 0.3) is 0 Å². The quantitative estimate of drug-likeness (QED) is 0.812. The zero-order valence-corrected chi connectivity index (χ0v) is 9.73. The van der Waals surface area contributed by atoms with Crippen molar-refractivity contribution in [3.05, 3.63) is 29.8 Å². The largest absolute Gasteiger partial charge is 0.372 e. The van der Waals surface area contributed by atoms with Crippen LogP contribution in [0.15, 0.2) is 24.3 Å². The van der Waals surface area contributed by atoms with E-state index in [4.69, 9.17) is 11.5 Å². The summed E-state index contributed by atoms with van der Waals surface area (Å²) in [6, 6.07) is 8.49. The van der Waals surface area contributed by atoms with E-state index in [1.54, 1.807) is 0 Å². The minimum Gasteiger partial charge on any atom is -0.372 e. The van der Waals surface area contributed by atoms with Gasteiger partial charge in [-0.15, -0.1) is 0 Å². The normalized spacial score (nSPS) is 18.5. The summed E-state index contributed by atoms with van der Waals surface area (Å²) in [6.45, 7) is 2.87. The fourth-order valence-electron chi connectivity index (χ4n) is 2.22. The molecule has 0 bridgehead atoms. The molecular weight excluding hydrogens is 198 g/mol. The highest BCUT2D eigenvalue weighted by molar-refractivity contribution is 5.48. The van der Waals surface area contributed by atoms with Gasteiger partial charge in [-0.05, 0) is 37.0 Å². The van der Waals surface area contributed by atoms with Gasteiger partial charge in [0, 0.05) is 31.4 Å². The molecule has 4 N–H and O–H groups in total. The average molecular weight is 219 g/mol. The van der Waals surface area contributed by atoms with Crippen LogP contribution in [-0.4, -0.2) is 19.6 Å². The topological polar surface area (TPSA) is 55.3 Å². The summed E-state index contributed by atoms with van der Waals surface area (Å²) in [6.07, 6.45) is 3.99. The van der Waals surface area contributed by atoms with E-state index in [-0.39, 0.29) is 6.04 Å². The van der Waals surface area contributed by atoms with Gasteiger partial charge in [0.15, 0.2) is 0 Å². The first-order valence-corrected chi connectivity index (χ1v) is 6.12. The molecule has 3 nitrogen and oxygen atoms in total. The molecule has 16 heavy (non-hydrogen) atoms. The van der Waals surface area contributed by atoms with Gasteiger partial charge in [-0.1, -0.05) is 12.1 Å². The second-order valence-corrected chi connectivity index (χ2v) is 4.48. The molecule has 0 spiro atoms.